The van der Waals surface area contributed by atoms with Crippen LogP contribution in [0.2, 0.25) is 10.0 Å². The molecule has 0 radical (unpaired) electrons. The molecule has 0 aliphatic heterocycles. The maximum absolute atomic E-state index is 13.6. The van der Waals surface area contributed by atoms with Crippen LogP contribution < -0.4 is 10.6 Å². The molecule has 1 aliphatic rings. The Morgan fingerprint density at radius 1 is 0.622 bits per heavy atom. The molecule has 0 heterocycles. The molecule has 0 bridgehead atoms. The molecule has 37 heavy (non-hydrogen) atoms. The molecule has 0 saturated carbocycles. The lowest BCUT2D eigenvalue weighted by Gasteiger charge is -2.22. The number of rotatable bonds is 5. The smallest absolute Gasteiger partial charge is 0.255 e. The fraction of sp³-hybridized carbons (Fsp3) is 0.0345. The summed E-state index contributed by atoms with van der Waals surface area (Å²) >= 11 is 11.8. The lowest BCUT2D eigenvalue weighted by atomic mass is 9.82. The van der Waals surface area contributed by atoms with E-state index in [4.69, 9.17) is 23.2 Å². The molecule has 8 heteroatoms. The molecule has 4 aromatic carbocycles. The van der Waals surface area contributed by atoms with E-state index in [2.05, 4.69) is 10.6 Å². The standard InChI is InChI=1S/C29H18Cl2N2O4/c30-18-11-7-16(8-12-18)15-24(34)32-22-5-1-3-20-25(22)27(35)21-4-2-6-23(26(21)28(20)36)33-29(37)17-9-13-19(31)14-10-17/h1-14H,15H2,(H,32,34)(H,33,37). The molecule has 0 unspecified atom stereocenters. The van der Waals surface area contributed by atoms with Gasteiger partial charge in [-0.1, -0.05) is 59.6 Å². The number of halogens is 2. The third-order valence-corrected chi connectivity index (χ3v) is 6.48. The van der Waals surface area contributed by atoms with Gasteiger partial charge in [-0.05, 0) is 54.1 Å². The third kappa shape index (κ3) is 4.89. The Labute approximate surface area is 222 Å². The average Bonchev–Trinajstić information content (AvgIpc) is 2.89. The van der Waals surface area contributed by atoms with Crippen molar-refractivity contribution in [2.45, 2.75) is 6.42 Å². The van der Waals surface area contributed by atoms with Crippen molar-refractivity contribution in [1.29, 1.82) is 0 Å². The molecule has 1 aliphatic carbocycles. The van der Waals surface area contributed by atoms with Gasteiger partial charge in [0.05, 0.1) is 28.9 Å². The van der Waals surface area contributed by atoms with Crippen LogP contribution >= 0.6 is 23.2 Å². The first kappa shape index (κ1) is 24.4. The van der Waals surface area contributed by atoms with Crippen LogP contribution in [0.3, 0.4) is 0 Å². The predicted molar refractivity (Wildman–Crippen MR) is 143 cm³/mol. The van der Waals surface area contributed by atoms with Crippen molar-refractivity contribution in [1.82, 2.24) is 0 Å². The van der Waals surface area contributed by atoms with E-state index in [0.29, 0.717) is 15.6 Å². The van der Waals surface area contributed by atoms with Gasteiger partial charge in [0, 0.05) is 26.7 Å². The molecule has 0 aromatic heterocycles. The number of carbonyl (C=O) groups excluding carboxylic acids is 4. The second-order valence-electron chi connectivity index (χ2n) is 8.43. The Kier molecular flexibility index (Phi) is 6.61. The number of anilines is 2. The molecule has 0 saturated heterocycles. The van der Waals surface area contributed by atoms with Crippen molar-refractivity contribution in [2.24, 2.45) is 0 Å². The highest BCUT2D eigenvalue weighted by molar-refractivity contribution is 6.33. The van der Waals surface area contributed by atoms with Gasteiger partial charge in [-0.25, -0.2) is 0 Å². The normalized spacial score (nSPS) is 11.9. The van der Waals surface area contributed by atoms with Gasteiger partial charge in [0.2, 0.25) is 5.91 Å². The molecule has 4 aromatic rings. The van der Waals surface area contributed by atoms with Crippen LogP contribution in [0.4, 0.5) is 11.4 Å². The molecule has 2 amide bonds. The number of fused-ring (bicyclic) bond motifs is 2. The van der Waals surface area contributed by atoms with E-state index in [0.717, 1.165) is 5.56 Å². The summed E-state index contributed by atoms with van der Waals surface area (Å²) in [7, 11) is 0. The molecule has 0 spiro atoms. The zero-order valence-electron chi connectivity index (χ0n) is 19.2. The molecule has 2 N–H and O–H groups in total. The van der Waals surface area contributed by atoms with Crippen molar-refractivity contribution in [3.05, 3.63) is 128 Å². The Balaban J connectivity index is 1.44. The Hall–Kier alpha value is -4.26. The van der Waals surface area contributed by atoms with Crippen LogP contribution in [-0.2, 0) is 11.2 Å². The average molecular weight is 529 g/mol. The maximum Gasteiger partial charge on any atom is 0.255 e. The fourth-order valence-electron chi connectivity index (χ4n) is 4.23. The summed E-state index contributed by atoms with van der Waals surface area (Å²) in [6, 6.07) is 22.6. The van der Waals surface area contributed by atoms with Crippen molar-refractivity contribution < 1.29 is 19.2 Å². The lowest BCUT2D eigenvalue weighted by molar-refractivity contribution is -0.115. The van der Waals surface area contributed by atoms with Crippen LogP contribution in [0.1, 0.15) is 47.8 Å². The second kappa shape index (κ2) is 10.0. The molecular weight excluding hydrogens is 511 g/mol. The maximum atomic E-state index is 13.6. The first-order valence-corrected chi connectivity index (χ1v) is 12.0. The van der Waals surface area contributed by atoms with Gasteiger partial charge in [-0.3, -0.25) is 19.2 Å². The van der Waals surface area contributed by atoms with Gasteiger partial charge in [0.1, 0.15) is 0 Å². The van der Waals surface area contributed by atoms with E-state index in [1.807, 2.05) is 0 Å². The van der Waals surface area contributed by atoms with Crippen molar-refractivity contribution in [2.75, 3.05) is 10.6 Å². The minimum Gasteiger partial charge on any atom is -0.325 e. The summed E-state index contributed by atoms with van der Waals surface area (Å²) < 4.78 is 0. The van der Waals surface area contributed by atoms with E-state index < -0.39 is 17.5 Å². The van der Waals surface area contributed by atoms with Crippen LogP contribution in [0, 0.1) is 0 Å². The van der Waals surface area contributed by atoms with Crippen LogP contribution in [0.25, 0.3) is 0 Å². The van der Waals surface area contributed by atoms with Crippen LogP contribution in [0.5, 0.6) is 0 Å². The largest absolute Gasteiger partial charge is 0.325 e. The fourth-order valence-corrected chi connectivity index (χ4v) is 4.48. The Bertz CT molecular complexity index is 1580. The monoisotopic (exact) mass is 528 g/mol. The summed E-state index contributed by atoms with van der Waals surface area (Å²) in [6.45, 7) is 0. The number of hydrogen-bond acceptors (Lipinski definition) is 4. The minimum atomic E-state index is -0.445. The molecule has 0 fully saturated rings. The molecule has 6 nitrogen and oxygen atoms in total. The van der Waals surface area contributed by atoms with Crippen molar-refractivity contribution >= 4 is 58.0 Å². The van der Waals surface area contributed by atoms with E-state index in [1.54, 1.807) is 72.8 Å². The molecular formula is C29H18Cl2N2O4. The van der Waals surface area contributed by atoms with E-state index in [9.17, 15) is 19.2 Å². The first-order chi connectivity index (χ1) is 17.8. The van der Waals surface area contributed by atoms with Gasteiger partial charge in [-0.15, -0.1) is 0 Å². The number of hydrogen-bond donors (Lipinski definition) is 2. The van der Waals surface area contributed by atoms with Crippen molar-refractivity contribution in [3.63, 3.8) is 0 Å². The summed E-state index contributed by atoms with van der Waals surface area (Å²) in [5, 5.41) is 6.54. The van der Waals surface area contributed by atoms with Gasteiger partial charge in [0.25, 0.3) is 5.91 Å². The van der Waals surface area contributed by atoms with Gasteiger partial charge < -0.3 is 10.6 Å². The highest BCUT2D eigenvalue weighted by Gasteiger charge is 2.34. The Morgan fingerprint density at radius 3 is 1.65 bits per heavy atom. The number of ketones is 2. The molecule has 0 atom stereocenters. The SMILES string of the molecule is O=C(Cc1ccc(Cl)cc1)Nc1cccc2c1C(=O)c1cccc(NC(=O)c3ccc(Cl)cc3)c1C2=O. The summed E-state index contributed by atoms with van der Waals surface area (Å²) in [5.41, 5.74) is 2.08. The number of nitrogens with one attached hydrogen (secondary N) is 2. The zero-order valence-corrected chi connectivity index (χ0v) is 20.7. The highest BCUT2D eigenvalue weighted by atomic mass is 35.5. The quantitative estimate of drug-likeness (QED) is 0.284. The first-order valence-electron chi connectivity index (χ1n) is 11.3. The second-order valence-corrected chi connectivity index (χ2v) is 9.30. The zero-order chi connectivity index (χ0) is 26.1. The minimum absolute atomic E-state index is 0.0699. The molecule has 5 rings (SSSR count). The van der Waals surface area contributed by atoms with Gasteiger partial charge in [0.15, 0.2) is 11.6 Å². The van der Waals surface area contributed by atoms with E-state index in [1.165, 1.54) is 12.1 Å². The van der Waals surface area contributed by atoms with Crippen molar-refractivity contribution in [3.8, 4) is 0 Å². The van der Waals surface area contributed by atoms with Gasteiger partial charge in [-0.2, -0.15) is 0 Å². The highest BCUT2D eigenvalue weighted by Crippen LogP contribution is 2.35. The van der Waals surface area contributed by atoms with Gasteiger partial charge >= 0.3 is 0 Å². The summed E-state index contributed by atoms with van der Waals surface area (Å²) in [6.07, 6.45) is 0.0699. The lowest BCUT2D eigenvalue weighted by Crippen LogP contribution is -2.26. The number of benzene rings is 4. The third-order valence-electron chi connectivity index (χ3n) is 5.98. The topological polar surface area (TPSA) is 92.3 Å². The Morgan fingerprint density at radius 2 is 1.11 bits per heavy atom. The van der Waals surface area contributed by atoms with Crippen LogP contribution in [-0.4, -0.2) is 23.4 Å². The summed E-state index contributed by atoms with van der Waals surface area (Å²) in [5.74, 6) is -1.63. The van der Waals surface area contributed by atoms with E-state index in [-0.39, 0.29) is 46.0 Å². The molecule has 182 valence electrons. The van der Waals surface area contributed by atoms with Crippen LogP contribution in [0.15, 0.2) is 84.9 Å². The van der Waals surface area contributed by atoms with E-state index >= 15 is 0 Å². The number of amides is 2. The predicted octanol–water partition coefficient (Wildman–Crippen LogP) is 6.20. The summed E-state index contributed by atoms with van der Waals surface area (Å²) in [4.78, 5) is 52.6. The number of carbonyl (C=O) groups is 4.